The van der Waals surface area contributed by atoms with Gasteiger partial charge >= 0.3 is 0 Å². The maximum atomic E-state index is 5.46. The van der Waals surface area contributed by atoms with Gasteiger partial charge in [-0.2, -0.15) is 0 Å². The van der Waals surface area contributed by atoms with Crippen LogP contribution in [0, 0.1) is 0 Å². The molecule has 0 spiro atoms. The Morgan fingerprint density at radius 2 is 2.31 bits per heavy atom. The molecule has 2 rings (SSSR count). The summed E-state index contributed by atoms with van der Waals surface area (Å²) in [4.78, 5) is 10.7. The zero-order valence-corrected chi connectivity index (χ0v) is 8.57. The molecule has 3 nitrogen and oxygen atoms in total. The van der Waals surface area contributed by atoms with E-state index in [9.17, 15) is 0 Å². The molecule has 0 atom stereocenters. The highest BCUT2D eigenvalue weighted by Gasteiger charge is 2.04. The van der Waals surface area contributed by atoms with Crippen molar-refractivity contribution in [1.29, 1.82) is 0 Å². The molecule has 68 valence electrons. The lowest BCUT2D eigenvalue weighted by molar-refractivity contribution is 0.984. The molecule has 0 bridgehead atoms. The number of rotatable bonds is 3. The van der Waals surface area contributed by atoms with Gasteiger partial charge in [-0.15, -0.1) is 22.7 Å². The average Bonchev–Trinajstić information content (AvgIpc) is 2.70. The Labute approximate surface area is 84.3 Å². The van der Waals surface area contributed by atoms with E-state index in [-0.39, 0.29) is 0 Å². The summed E-state index contributed by atoms with van der Waals surface area (Å²) in [5.74, 6) is 0. The average molecular weight is 211 g/mol. The molecule has 0 aliphatic heterocycles. The van der Waals surface area contributed by atoms with E-state index in [1.54, 1.807) is 22.7 Å². The summed E-state index contributed by atoms with van der Waals surface area (Å²) in [6.45, 7) is 0.685. The highest BCUT2D eigenvalue weighted by atomic mass is 32.1. The molecular weight excluding hydrogens is 202 g/mol. The third kappa shape index (κ3) is 1.93. The number of thiazole rings is 2. The lowest BCUT2D eigenvalue weighted by Gasteiger charge is -1.87. The van der Waals surface area contributed by atoms with Gasteiger partial charge in [-0.05, 0) is 13.0 Å². The van der Waals surface area contributed by atoms with Crippen LogP contribution in [0.2, 0.25) is 0 Å². The van der Waals surface area contributed by atoms with E-state index in [0.717, 1.165) is 16.3 Å². The van der Waals surface area contributed by atoms with E-state index in [0.29, 0.717) is 6.54 Å². The van der Waals surface area contributed by atoms with Crippen molar-refractivity contribution in [3.63, 3.8) is 0 Å². The first-order valence-corrected chi connectivity index (χ1v) is 5.63. The zero-order valence-electron chi connectivity index (χ0n) is 6.93. The van der Waals surface area contributed by atoms with E-state index in [2.05, 4.69) is 9.97 Å². The summed E-state index contributed by atoms with van der Waals surface area (Å²) in [5.41, 5.74) is 7.28. The predicted molar refractivity (Wildman–Crippen MR) is 56.0 cm³/mol. The van der Waals surface area contributed by atoms with Crippen molar-refractivity contribution >= 4 is 22.7 Å². The van der Waals surface area contributed by atoms with Gasteiger partial charge in [0.15, 0.2) is 0 Å². The molecule has 0 fully saturated rings. The second-order valence-electron chi connectivity index (χ2n) is 2.54. The minimum Gasteiger partial charge on any atom is -0.330 e. The molecule has 2 aromatic heterocycles. The fourth-order valence-electron chi connectivity index (χ4n) is 1.00. The third-order valence-corrected chi connectivity index (χ3v) is 3.59. The first-order chi connectivity index (χ1) is 6.40. The highest BCUT2D eigenvalue weighted by Crippen LogP contribution is 2.27. The molecule has 0 amide bonds. The lowest BCUT2D eigenvalue weighted by atomic mass is 10.4. The monoisotopic (exact) mass is 211 g/mol. The van der Waals surface area contributed by atoms with Crippen LogP contribution in [-0.2, 0) is 6.42 Å². The van der Waals surface area contributed by atoms with Crippen molar-refractivity contribution in [3.05, 3.63) is 22.8 Å². The molecule has 2 N–H and O–H groups in total. The predicted octanol–water partition coefficient (Wildman–Crippen LogP) is 1.77. The van der Waals surface area contributed by atoms with Gasteiger partial charge in [-0.3, -0.25) is 4.98 Å². The van der Waals surface area contributed by atoms with Gasteiger partial charge < -0.3 is 5.73 Å². The first-order valence-electron chi connectivity index (χ1n) is 3.94. The Hall–Kier alpha value is -0.780. The molecule has 0 aromatic carbocycles. The van der Waals surface area contributed by atoms with Crippen molar-refractivity contribution < 1.29 is 0 Å². The SMILES string of the molecule is NCCc1cnc(-c2cncs2)s1. The van der Waals surface area contributed by atoms with E-state index < -0.39 is 0 Å². The molecule has 0 saturated heterocycles. The molecule has 0 unspecified atom stereocenters. The summed E-state index contributed by atoms with van der Waals surface area (Å²) in [6.07, 6.45) is 4.65. The number of hydrogen-bond donors (Lipinski definition) is 1. The summed E-state index contributed by atoms with van der Waals surface area (Å²) in [7, 11) is 0. The van der Waals surface area contributed by atoms with Gasteiger partial charge in [0, 0.05) is 17.3 Å². The van der Waals surface area contributed by atoms with Crippen LogP contribution in [0.3, 0.4) is 0 Å². The van der Waals surface area contributed by atoms with Crippen LogP contribution in [0.5, 0.6) is 0 Å². The minimum atomic E-state index is 0.685. The minimum absolute atomic E-state index is 0.685. The van der Waals surface area contributed by atoms with Crippen LogP contribution in [-0.4, -0.2) is 16.5 Å². The molecular formula is C8H9N3S2. The molecule has 2 aromatic rings. The lowest BCUT2D eigenvalue weighted by Crippen LogP contribution is -2.00. The first kappa shape index (κ1) is 8.80. The molecule has 0 saturated carbocycles. The van der Waals surface area contributed by atoms with Crippen molar-refractivity contribution in [2.45, 2.75) is 6.42 Å². The highest BCUT2D eigenvalue weighted by molar-refractivity contribution is 7.20. The van der Waals surface area contributed by atoms with Gasteiger partial charge in [0.25, 0.3) is 0 Å². The zero-order chi connectivity index (χ0) is 9.10. The largest absolute Gasteiger partial charge is 0.330 e. The maximum absolute atomic E-state index is 5.46. The Kier molecular flexibility index (Phi) is 2.68. The van der Waals surface area contributed by atoms with Crippen LogP contribution in [0.4, 0.5) is 0 Å². The van der Waals surface area contributed by atoms with Crippen LogP contribution in [0.15, 0.2) is 17.9 Å². The topological polar surface area (TPSA) is 51.8 Å². The summed E-state index contributed by atoms with van der Waals surface area (Å²) in [6, 6.07) is 0. The number of nitrogens with two attached hydrogens (primary N) is 1. The smallest absolute Gasteiger partial charge is 0.135 e. The molecule has 0 aliphatic carbocycles. The summed E-state index contributed by atoms with van der Waals surface area (Å²) >= 11 is 3.31. The molecule has 0 aliphatic rings. The van der Waals surface area contributed by atoms with Crippen LogP contribution >= 0.6 is 22.7 Å². The van der Waals surface area contributed by atoms with Gasteiger partial charge in [0.1, 0.15) is 5.01 Å². The van der Waals surface area contributed by atoms with E-state index >= 15 is 0 Å². The summed E-state index contributed by atoms with van der Waals surface area (Å²) in [5, 5.41) is 1.05. The normalized spacial score (nSPS) is 10.5. The van der Waals surface area contributed by atoms with Gasteiger partial charge in [-0.1, -0.05) is 0 Å². The van der Waals surface area contributed by atoms with E-state index in [1.165, 1.54) is 4.88 Å². The fraction of sp³-hybridized carbons (Fsp3) is 0.250. The molecule has 0 radical (unpaired) electrons. The Morgan fingerprint density at radius 1 is 1.38 bits per heavy atom. The molecule has 13 heavy (non-hydrogen) atoms. The molecule has 2 heterocycles. The van der Waals surface area contributed by atoms with Crippen molar-refractivity contribution in [2.24, 2.45) is 5.73 Å². The second kappa shape index (κ2) is 3.95. The van der Waals surface area contributed by atoms with Gasteiger partial charge in [-0.25, -0.2) is 4.98 Å². The van der Waals surface area contributed by atoms with Crippen molar-refractivity contribution in [2.75, 3.05) is 6.54 Å². The van der Waals surface area contributed by atoms with Gasteiger partial charge in [0.2, 0.25) is 0 Å². The van der Waals surface area contributed by atoms with Crippen molar-refractivity contribution in [3.8, 4) is 9.88 Å². The quantitative estimate of drug-likeness (QED) is 0.841. The number of aromatic nitrogens is 2. The Balaban J connectivity index is 2.23. The maximum Gasteiger partial charge on any atom is 0.135 e. The van der Waals surface area contributed by atoms with E-state index in [4.69, 9.17) is 5.73 Å². The van der Waals surface area contributed by atoms with Crippen LogP contribution in [0.1, 0.15) is 4.88 Å². The number of hydrogen-bond acceptors (Lipinski definition) is 5. The second-order valence-corrected chi connectivity index (χ2v) is 4.54. The standard InChI is InChI=1S/C8H9N3S2/c9-2-1-6-3-11-8(13-6)7-4-10-5-12-7/h3-5H,1-2,9H2. The Morgan fingerprint density at radius 3 is 3.00 bits per heavy atom. The van der Waals surface area contributed by atoms with Crippen LogP contribution in [0.25, 0.3) is 9.88 Å². The molecule has 5 heteroatoms. The number of nitrogens with zero attached hydrogens (tertiary/aromatic N) is 2. The van der Waals surface area contributed by atoms with Gasteiger partial charge in [0.05, 0.1) is 10.4 Å². The fourth-order valence-corrected chi connectivity index (χ4v) is 2.61. The van der Waals surface area contributed by atoms with Crippen LogP contribution < -0.4 is 5.73 Å². The summed E-state index contributed by atoms with van der Waals surface area (Å²) < 4.78 is 0. The van der Waals surface area contributed by atoms with Crippen molar-refractivity contribution in [1.82, 2.24) is 9.97 Å². The Bertz CT molecular complexity index is 366. The third-order valence-electron chi connectivity index (χ3n) is 1.59. The van der Waals surface area contributed by atoms with E-state index in [1.807, 2.05) is 17.9 Å².